The zero-order chi connectivity index (χ0) is 13.4. The number of ether oxygens (including phenoxy) is 1. The van der Waals surface area contributed by atoms with E-state index in [1.807, 2.05) is 34.6 Å². The summed E-state index contributed by atoms with van der Waals surface area (Å²) in [5, 5.41) is 0. The molecule has 0 spiro atoms. The lowest BCUT2D eigenvalue weighted by Gasteiger charge is -2.32. The van der Waals surface area contributed by atoms with Gasteiger partial charge in [-0.05, 0) is 39.5 Å². The maximum absolute atomic E-state index is 12.0. The Balaban J connectivity index is 2.85. The van der Waals surface area contributed by atoms with E-state index in [2.05, 4.69) is 0 Å². The van der Waals surface area contributed by atoms with Crippen LogP contribution in [0.3, 0.4) is 0 Å². The van der Waals surface area contributed by atoms with Gasteiger partial charge in [0.15, 0.2) is 5.78 Å². The first kappa shape index (κ1) is 14.0. The van der Waals surface area contributed by atoms with Gasteiger partial charge in [0.25, 0.3) is 0 Å². The summed E-state index contributed by atoms with van der Waals surface area (Å²) in [5.41, 5.74) is -0.687. The summed E-state index contributed by atoms with van der Waals surface area (Å²) >= 11 is 0. The van der Waals surface area contributed by atoms with Crippen molar-refractivity contribution in [1.82, 2.24) is 4.90 Å². The van der Waals surface area contributed by atoms with Gasteiger partial charge in [-0.2, -0.15) is 0 Å². The minimum absolute atomic E-state index is 0.0263. The summed E-state index contributed by atoms with van der Waals surface area (Å²) < 4.78 is 5.33. The van der Waals surface area contributed by atoms with Gasteiger partial charge in [-0.1, -0.05) is 13.8 Å². The number of rotatable bonds is 1. The number of carbonyl (C=O) groups excluding carboxylic acids is 2. The molecule has 0 aliphatic carbocycles. The molecule has 1 aliphatic heterocycles. The topological polar surface area (TPSA) is 46.6 Å². The van der Waals surface area contributed by atoms with Gasteiger partial charge in [-0.25, -0.2) is 4.79 Å². The second kappa shape index (κ2) is 4.31. The van der Waals surface area contributed by atoms with Crippen molar-refractivity contribution in [3.8, 4) is 0 Å². The molecule has 4 nitrogen and oxygen atoms in total. The summed E-state index contributed by atoms with van der Waals surface area (Å²) in [5.74, 6) is 0.0263. The second-order valence-electron chi connectivity index (χ2n) is 6.43. The zero-order valence-corrected chi connectivity index (χ0v) is 11.7. The van der Waals surface area contributed by atoms with Crippen LogP contribution < -0.4 is 0 Å². The molecule has 17 heavy (non-hydrogen) atoms. The van der Waals surface area contributed by atoms with E-state index in [9.17, 15) is 9.59 Å². The fraction of sp³-hybridized carbons (Fsp3) is 0.846. The van der Waals surface area contributed by atoms with Crippen LogP contribution in [-0.4, -0.2) is 35.0 Å². The first-order valence-corrected chi connectivity index (χ1v) is 6.05. The van der Waals surface area contributed by atoms with Crippen LogP contribution in [0.2, 0.25) is 0 Å². The summed E-state index contributed by atoms with van der Waals surface area (Å²) in [7, 11) is 0. The van der Waals surface area contributed by atoms with E-state index in [1.54, 1.807) is 4.90 Å². The van der Waals surface area contributed by atoms with E-state index in [-0.39, 0.29) is 23.3 Å². The second-order valence-corrected chi connectivity index (χ2v) is 6.43. The van der Waals surface area contributed by atoms with Crippen LogP contribution in [0.15, 0.2) is 0 Å². The molecule has 1 amide bonds. The Hall–Kier alpha value is -1.06. The molecule has 0 N–H and O–H groups in total. The average molecular weight is 241 g/mol. The Kier molecular flexibility index (Phi) is 3.55. The monoisotopic (exact) mass is 241 g/mol. The molecule has 1 atom stereocenters. The predicted molar refractivity (Wildman–Crippen MR) is 65.8 cm³/mol. The van der Waals surface area contributed by atoms with Crippen molar-refractivity contribution in [3.63, 3.8) is 0 Å². The molecule has 0 aromatic carbocycles. The zero-order valence-electron chi connectivity index (χ0n) is 11.7. The number of ketones is 1. The van der Waals surface area contributed by atoms with Gasteiger partial charge < -0.3 is 4.74 Å². The molecule has 0 radical (unpaired) electrons. The van der Waals surface area contributed by atoms with Gasteiger partial charge in [0, 0.05) is 6.54 Å². The number of hydrogen-bond donors (Lipinski definition) is 0. The number of amides is 1. The van der Waals surface area contributed by atoms with Gasteiger partial charge in [0.05, 0.1) is 6.04 Å². The van der Waals surface area contributed by atoms with Crippen molar-refractivity contribution in [3.05, 3.63) is 0 Å². The van der Waals surface area contributed by atoms with Gasteiger partial charge in [-0.15, -0.1) is 0 Å². The minimum Gasteiger partial charge on any atom is -0.444 e. The number of nitrogens with zero attached hydrogens (tertiary/aromatic N) is 1. The summed E-state index contributed by atoms with van der Waals surface area (Å²) in [6.07, 6.45) is 0.444. The number of likely N-dealkylation sites (tertiary alicyclic amines) is 1. The van der Waals surface area contributed by atoms with Gasteiger partial charge in [0.1, 0.15) is 5.60 Å². The fourth-order valence-electron chi connectivity index (χ4n) is 2.38. The molecule has 4 heteroatoms. The molecular formula is C13H23NO3. The van der Waals surface area contributed by atoms with Crippen LogP contribution in [0, 0.1) is 5.41 Å². The molecule has 1 rings (SSSR count). The lowest BCUT2D eigenvalue weighted by Crippen LogP contribution is -2.47. The predicted octanol–water partition coefficient (Wildman–Crippen LogP) is 2.61. The van der Waals surface area contributed by atoms with Crippen molar-refractivity contribution in [1.29, 1.82) is 0 Å². The Morgan fingerprint density at radius 3 is 2.24 bits per heavy atom. The summed E-state index contributed by atoms with van der Waals surface area (Å²) in [6.45, 7) is 11.6. The normalized spacial score (nSPS) is 23.6. The summed E-state index contributed by atoms with van der Waals surface area (Å²) in [4.78, 5) is 25.3. The number of carbonyl (C=O) groups is 2. The molecule has 98 valence electrons. The maximum atomic E-state index is 12.0. The molecule has 1 aliphatic rings. The SMILES string of the molecule is CC(=O)[C@@H]1N(C(=O)OC(C)(C)C)CCC1(C)C. The number of hydrogen-bond acceptors (Lipinski definition) is 3. The Morgan fingerprint density at radius 2 is 1.82 bits per heavy atom. The third kappa shape index (κ3) is 3.20. The van der Waals surface area contributed by atoms with Crippen LogP contribution in [0.5, 0.6) is 0 Å². The third-order valence-electron chi connectivity index (χ3n) is 3.06. The van der Waals surface area contributed by atoms with Crippen molar-refractivity contribution in [2.75, 3.05) is 6.54 Å². The van der Waals surface area contributed by atoms with Crippen molar-refractivity contribution < 1.29 is 14.3 Å². The van der Waals surface area contributed by atoms with Gasteiger partial charge >= 0.3 is 6.09 Å². The van der Waals surface area contributed by atoms with E-state index in [4.69, 9.17) is 4.74 Å². The Bertz CT molecular complexity index is 328. The Morgan fingerprint density at radius 1 is 1.29 bits per heavy atom. The lowest BCUT2D eigenvalue weighted by molar-refractivity contribution is -0.123. The van der Waals surface area contributed by atoms with E-state index < -0.39 is 5.60 Å². The first-order valence-electron chi connectivity index (χ1n) is 6.05. The molecule has 1 fully saturated rings. The maximum Gasteiger partial charge on any atom is 0.410 e. The van der Waals surface area contributed by atoms with E-state index in [0.717, 1.165) is 6.42 Å². The highest BCUT2D eigenvalue weighted by molar-refractivity contribution is 5.87. The minimum atomic E-state index is -0.523. The van der Waals surface area contributed by atoms with E-state index in [0.29, 0.717) is 6.54 Å². The molecule has 0 unspecified atom stereocenters. The highest BCUT2D eigenvalue weighted by Gasteiger charge is 2.46. The van der Waals surface area contributed by atoms with E-state index in [1.165, 1.54) is 6.92 Å². The van der Waals surface area contributed by atoms with Gasteiger partial charge in [0.2, 0.25) is 0 Å². The molecule has 0 aromatic heterocycles. The van der Waals surface area contributed by atoms with Gasteiger partial charge in [-0.3, -0.25) is 9.69 Å². The molecule has 1 saturated heterocycles. The van der Waals surface area contributed by atoms with Crippen LogP contribution in [0.1, 0.15) is 48.0 Å². The van der Waals surface area contributed by atoms with Crippen LogP contribution in [0.4, 0.5) is 4.79 Å². The standard InChI is InChI=1S/C13H23NO3/c1-9(15)10-13(5,6)7-8-14(10)11(16)17-12(2,3)4/h10H,7-8H2,1-6H3/t10-/m0/s1. The molecule has 0 aromatic rings. The fourth-order valence-corrected chi connectivity index (χ4v) is 2.38. The average Bonchev–Trinajstić information content (AvgIpc) is 2.37. The largest absolute Gasteiger partial charge is 0.444 e. The van der Waals surface area contributed by atoms with Crippen LogP contribution in [-0.2, 0) is 9.53 Å². The van der Waals surface area contributed by atoms with Crippen molar-refractivity contribution >= 4 is 11.9 Å². The lowest BCUT2D eigenvalue weighted by atomic mass is 9.83. The highest BCUT2D eigenvalue weighted by atomic mass is 16.6. The highest BCUT2D eigenvalue weighted by Crippen LogP contribution is 2.37. The number of Topliss-reactive ketones (excluding diaryl/α,β-unsaturated/α-hetero) is 1. The Labute approximate surface area is 103 Å². The van der Waals surface area contributed by atoms with Crippen molar-refractivity contribution in [2.45, 2.75) is 59.6 Å². The van der Waals surface area contributed by atoms with E-state index >= 15 is 0 Å². The van der Waals surface area contributed by atoms with Crippen LogP contribution >= 0.6 is 0 Å². The molecular weight excluding hydrogens is 218 g/mol. The van der Waals surface area contributed by atoms with Crippen molar-refractivity contribution in [2.24, 2.45) is 5.41 Å². The molecule has 1 heterocycles. The third-order valence-corrected chi connectivity index (χ3v) is 3.06. The quantitative estimate of drug-likeness (QED) is 0.709. The molecule has 0 bridgehead atoms. The first-order chi connectivity index (χ1) is 7.54. The smallest absolute Gasteiger partial charge is 0.410 e. The molecule has 0 saturated carbocycles. The van der Waals surface area contributed by atoms with Crippen LogP contribution in [0.25, 0.3) is 0 Å². The summed E-state index contributed by atoms with van der Waals surface area (Å²) in [6, 6.07) is -0.364.